The molecule has 2 saturated carbocycles. The molecule has 4 heteroatoms. The van der Waals surface area contributed by atoms with E-state index in [4.69, 9.17) is 4.74 Å². The average molecular weight is 240 g/mol. The van der Waals surface area contributed by atoms with Crippen LogP contribution in [0.15, 0.2) is 0 Å². The lowest BCUT2D eigenvalue weighted by Gasteiger charge is -2.30. The van der Waals surface area contributed by atoms with E-state index in [0.29, 0.717) is 23.7 Å². The lowest BCUT2D eigenvalue weighted by molar-refractivity contribution is -0.161. The smallest absolute Gasteiger partial charge is 0.344 e. The maximum absolute atomic E-state index is 11.9. The molecule has 2 aliphatic carbocycles. The Bertz CT molecular complexity index is 323. The molecular weight excluding hydrogens is 220 g/mol. The van der Waals surface area contributed by atoms with Crippen LogP contribution in [0.4, 0.5) is 0 Å². The molecule has 0 amide bonds. The molecule has 5 atom stereocenters. The third kappa shape index (κ3) is 2.17. The second-order valence-corrected chi connectivity index (χ2v) is 5.40. The van der Waals surface area contributed by atoms with Crippen molar-refractivity contribution in [1.29, 1.82) is 0 Å². The number of esters is 2. The first-order chi connectivity index (χ1) is 8.04. The summed E-state index contributed by atoms with van der Waals surface area (Å²) in [5, 5.41) is 0. The van der Waals surface area contributed by atoms with Gasteiger partial charge in [-0.3, -0.25) is 4.79 Å². The minimum Gasteiger partial charge on any atom is -0.466 e. The Morgan fingerprint density at radius 2 is 1.88 bits per heavy atom. The van der Waals surface area contributed by atoms with Crippen LogP contribution in [-0.2, 0) is 19.1 Å². The van der Waals surface area contributed by atoms with Crippen molar-refractivity contribution in [2.75, 3.05) is 13.7 Å². The van der Waals surface area contributed by atoms with Crippen LogP contribution in [0, 0.1) is 29.6 Å². The van der Waals surface area contributed by atoms with Gasteiger partial charge in [-0.2, -0.15) is 0 Å². The Morgan fingerprint density at radius 1 is 1.18 bits per heavy atom. The number of methoxy groups -OCH3 is 1. The van der Waals surface area contributed by atoms with Gasteiger partial charge in [-0.15, -0.1) is 0 Å². The van der Waals surface area contributed by atoms with E-state index >= 15 is 0 Å². The number of carbonyl (C=O) groups excluding carboxylic acids is 2. The number of carbonyl (C=O) groups is 2. The summed E-state index contributed by atoms with van der Waals surface area (Å²) >= 11 is 0. The van der Waals surface area contributed by atoms with E-state index in [9.17, 15) is 9.59 Å². The molecule has 2 rings (SSSR count). The van der Waals surface area contributed by atoms with Gasteiger partial charge in [-0.25, -0.2) is 4.79 Å². The van der Waals surface area contributed by atoms with Gasteiger partial charge >= 0.3 is 11.9 Å². The Kier molecular flexibility index (Phi) is 3.40. The molecule has 0 aromatic carbocycles. The number of hydrogen-bond acceptors (Lipinski definition) is 4. The van der Waals surface area contributed by atoms with Gasteiger partial charge in [0.05, 0.1) is 13.0 Å². The molecule has 2 bridgehead atoms. The van der Waals surface area contributed by atoms with Crippen molar-refractivity contribution in [2.24, 2.45) is 29.6 Å². The van der Waals surface area contributed by atoms with E-state index in [1.54, 1.807) is 0 Å². The Hall–Kier alpha value is -1.06. The molecule has 96 valence electrons. The average Bonchev–Trinajstić information content (AvgIpc) is 2.87. The summed E-state index contributed by atoms with van der Waals surface area (Å²) in [7, 11) is 1.29. The molecule has 0 spiro atoms. The Balaban J connectivity index is 1.88. The lowest BCUT2D eigenvalue weighted by atomic mass is 9.76. The van der Waals surface area contributed by atoms with Crippen LogP contribution in [0.1, 0.15) is 26.7 Å². The normalized spacial score (nSPS) is 39.1. The van der Waals surface area contributed by atoms with E-state index in [1.165, 1.54) is 7.11 Å². The fourth-order valence-corrected chi connectivity index (χ4v) is 3.51. The van der Waals surface area contributed by atoms with Crippen LogP contribution in [0.2, 0.25) is 0 Å². The largest absolute Gasteiger partial charge is 0.466 e. The van der Waals surface area contributed by atoms with Crippen molar-refractivity contribution >= 4 is 11.9 Å². The molecule has 0 aliphatic heterocycles. The summed E-state index contributed by atoms with van der Waals surface area (Å²) in [4.78, 5) is 22.8. The van der Waals surface area contributed by atoms with Gasteiger partial charge in [0, 0.05) is 0 Å². The molecule has 2 fully saturated rings. The second-order valence-electron chi connectivity index (χ2n) is 5.40. The molecule has 0 aromatic heterocycles. The second kappa shape index (κ2) is 4.67. The van der Waals surface area contributed by atoms with Gasteiger partial charge in [0.1, 0.15) is 0 Å². The number of hydrogen-bond donors (Lipinski definition) is 0. The molecule has 5 unspecified atom stereocenters. The van der Waals surface area contributed by atoms with Crippen LogP contribution in [0.5, 0.6) is 0 Å². The zero-order chi connectivity index (χ0) is 12.6. The van der Waals surface area contributed by atoms with Crippen molar-refractivity contribution in [3.8, 4) is 0 Å². The summed E-state index contributed by atoms with van der Waals surface area (Å²) in [6, 6.07) is 0. The topological polar surface area (TPSA) is 52.6 Å². The highest BCUT2D eigenvalue weighted by Crippen LogP contribution is 2.55. The SMILES string of the molecule is COC(=O)COC(=O)C1CC2CC1C(C)C2C. The van der Waals surface area contributed by atoms with Gasteiger partial charge in [-0.1, -0.05) is 13.8 Å². The predicted molar refractivity (Wildman–Crippen MR) is 61.0 cm³/mol. The van der Waals surface area contributed by atoms with E-state index in [-0.39, 0.29) is 18.5 Å². The third-order valence-electron chi connectivity index (χ3n) is 4.76. The van der Waals surface area contributed by atoms with Crippen molar-refractivity contribution in [2.45, 2.75) is 26.7 Å². The van der Waals surface area contributed by atoms with E-state index < -0.39 is 5.97 Å². The predicted octanol–water partition coefficient (Wildman–Crippen LogP) is 1.63. The number of rotatable bonds is 3. The lowest BCUT2D eigenvalue weighted by Crippen LogP contribution is -2.32. The van der Waals surface area contributed by atoms with E-state index in [0.717, 1.165) is 12.8 Å². The Morgan fingerprint density at radius 3 is 2.41 bits per heavy atom. The van der Waals surface area contributed by atoms with Crippen LogP contribution < -0.4 is 0 Å². The molecule has 4 nitrogen and oxygen atoms in total. The molecule has 0 heterocycles. The fourth-order valence-electron chi connectivity index (χ4n) is 3.51. The fraction of sp³-hybridized carbons (Fsp3) is 0.846. The molecular formula is C13H20O4. The van der Waals surface area contributed by atoms with Gasteiger partial charge in [0.25, 0.3) is 0 Å². The standard InChI is InChI=1S/C13H20O4/c1-7-8(2)10-4-9(7)5-11(10)13(15)17-6-12(14)16-3/h7-11H,4-6H2,1-3H3. The summed E-state index contributed by atoms with van der Waals surface area (Å²) in [5.74, 6) is 1.68. The Labute approximate surface area is 102 Å². The maximum Gasteiger partial charge on any atom is 0.344 e. The first-order valence-electron chi connectivity index (χ1n) is 6.28. The van der Waals surface area contributed by atoms with Gasteiger partial charge in [0.2, 0.25) is 0 Å². The minimum atomic E-state index is -0.497. The van der Waals surface area contributed by atoms with Crippen LogP contribution in [0.25, 0.3) is 0 Å². The van der Waals surface area contributed by atoms with Crippen LogP contribution in [-0.4, -0.2) is 25.7 Å². The van der Waals surface area contributed by atoms with Crippen molar-refractivity contribution < 1.29 is 19.1 Å². The third-order valence-corrected chi connectivity index (χ3v) is 4.76. The monoisotopic (exact) mass is 240 g/mol. The number of fused-ring (bicyclic) bond motifs is 2. The summed E-state index contributed by atoms with van der Waals surface area (Å²) in [5.41, 5.74) is 0. The van der Waals surface area contributed by atoms with E-state index in [1.807, 2.05) is 0 Å². The van der Waals surface area contributed by atoms with Crippen LogP contribution in [0.3, 0.4) is 0 Å². The quantitative estimate of drug-likeness (QED) is 0.704. The minimum absolute atomic E-state index is 0.00384. The number of ether oxygens (including phenoxy) is 2. The summed E-state index contributed by atoms with van der Waals surface area (Å²) in [6.45, 7) is 4.23. The van der Waals surface area contributed by atoms with E-state index in [2.05, 4.69) is 18.6 Å². The molecule has 0 saturated heterocycles. The highest BCUT2D eigenvalue weighted by Gasteiger charge is 2.51. The first kappa shape index (κ1) is 12.4. The molecule has 17 heavy (non-hydrogen) atoms. The van der Waals surface area contributed by atoms with Gasteiger partial charge in [0.15, 0.2) is 6.61 Å². The highest BCUT2D eigenvalue weighted by atomic mass is 16.6. The van der Waals surface area contributed by atoms with Crippen molar-refractivity contribution in [3.05, 3.63) is 0 Å². The summed E-state index contributed by atoms with van der Waals surface area (Å²) < 4.78 is 9.45. The van der Waals surface area contributed by atoms with Gasteiger partial charge < -0.3 is 9.47 Å². The van der Waals surface area contributed by atoms with Crippen LogP contribution >= 0.6 is 0 Å². The zero-order valence-corrected chi connectivity index (χ0v) is 10.6. The van der Waals surface area contributed by atoms with Crippen molar-refractivity contribution in [1.82, 2.24) is 0 Å². The first-order valence-corrected chi connectivity index (χ1v) is 6.28. The molecule has 0 N–H and O–H groups in total. The molecule has 0 aromatic rings. The maximum atomic E-state index is 11.9. The highest BCUT2D eigenvalue weighted by molar-refractivity contribution is 5.78. The molecule has 2 aliphatic rings. The van der Waals surface area contributed by atoms with Crippen molar-refractivity contribution in [3.63, 3.8) is 0 Å². The summed E-state index contributed by atoms with van der Waals surface area (Å²) in [6.07, 6.45) is 2.07. The zero-order valence-electron chi connectivity index (χ0n) is 10.6. The molecule has 0 radical (unpaired) electrons. The van der Waals surface area contributed by atoms with Gasteiger partial charge in [-0.05, 0) is 36.5 Å².